The second-order valence-corrected chi connectivity index (χ2v) is 6.86. The van der Waals surface area contributed by atoms with Crippen molar-refractivity contribution in [2.75, 3.05) is 22.5 Å². The van der Waals surface area contributed by atoms with E-state index in [1.54, 1.807) is 0 Å². The number of para-hydroxylation sites is 2. The van der Waals surface area contributed by atoms with Gasteiger partial charge in [0.2, 0.25) is 5.91 Å². The van der Waals surface area contributed by atoms with Gasteiger partial charge in [0.1, 0.15) is 0 Å². The van der Waals surface area contributed by atoms with Gasteiger partial charge in [0, 0.05) is 30.0 Å². The second kappa shape index (κ2) is 5.45. The molecule has 0 bridgehead atoms. The third-order valence-electron chi connectivity index (χ3n) is 3.83. The minimum absolute atomic E-state index is 0.253. The van der Waals surface area contributed by atoms with E-state index in [0.29, 0.717) is 12.5 Å². The van der Waals surface area contributed by atoms with Crippen molar-refractivity contribution in [1.82, 2.24) is 0 Å². The third kappa shape index (κ3) is 2.73. The van der Waals surface area contributed by atoms with E-state index in [-0.39, 0.29) is 5.91 Å². The maximum Gasteiger partial charge on any atom is 0.227 e. The lowest BCUT2D eigenvalue weighted by Gasteiger charge is -2.22. The minimum atomic E-state index is 0.253. The number of hydrogen-bond acceptors (Lipinski definition) is 3. The molecule has 2 heterocycles. The topological polar surface area (TPSA) is 32.3 Å². The van der Waals surface area contributed by atoms with Crippen LogP contribution in [0.1, 0.15) is 26.2 Å². The smallest absolute Gasteiger partial charge is 0.227 e. The molecule has 1 N–H and O–H groups in total. The molecule has 2 saturated heterocycles. The SMILES string of the molecule is CC1CC(Nc2ccccc2N2CCCC2=O)CS1. The molecule has 3 rings (SSSR count). The quantitative estimate of drug-likeness (QED) is 0.920. The number of amides is 1. The van der Waals surface area contributed by atoms with Gasteiger partial charge < -0.3 is 10.2 Å². The first-order chi connectivity index (χ1) is 9.24. The lowest BCUT2D eigenvalue weighted by molar-refractivity contribution is -0.117. The Hall–Kier alpha value is -1.16. The second-order valence-electron chi connectivity index (χ2n) is 5.39. The molecule has 0 spiro atoms. The summed E-state index contributed by atoms with van der Waals surface area (Å²) in [6.07, 6.45) is 2.86. The summed E-state index contributed by atoms with van der Waals surface area (Å²) in [6.45, 7) is 3.13. The Morgan fingerprint density at radius 3 is 2.89 bits per heavy atom. The van der Waals surface area contributed by atoms with Crippen molar-refractivity contribution in [2.45, 2.75) is 37.5 Å². The van der Waals surface area contributed by atoms with Crippen LogP contribution in [0, 0.1) is 0 Å². The number of nitrogens with one attached hydrogen (secondary N) is 1. The first kappa shape index (κ1) is 12.9. The molecule has 2 aliphatic rings. The summed E-state index contributed by atoms with van der Waals surface area (Å²) in [5.41, 5.74) is 2.16. The van der Waals surface area contributed by atoms with E-state index in [1.807, 2.05) is 28.8 Å². The van der Waals surface area contributed by atoms with Crippen molar-refractivity contribution >= 4 is 29.0 Å². The summed E-state index contributed by atoms with van der Waals surface area (Å²) in [5, 5.41) is 4.36. The van der Waals surface area contributed by atoms with Gasteiger partial charge >= 0.3 is 0 Å². The molecule has 2 unspecified atom stereocenters. The van der Waals surface area contributed by atoms with Gasteiger partial charge in [0.25, 0.3) is 0 Å². The summed E-state index contributed by atoms with van der Waals surface area (Å²) in [5.74, 6) is 1.41. The third-order valence-corrected chi connectivity index (χ3v) is 5.18. The Balaban J connectivity index is 1.79. The molecule has 0 aliphatic carbocycles. The average Bonchev–Trinajstić information content (AvgIpc) is 2.99. The summed E-state index contributed by atoms with van der Waals surface area (Å²) in [7, 11) is 0. The van der Waals surface area contributed by atoms with Gasteiger partial charge in [-0.25, -0.2) is 0 Å². The maximum absolute atomic E-state index is 11.9. The fourth-order valence-corrected chi connectivity index (χ4v) is 4.02. The molecule has 19 heavy (non-hydrogen) atoms. The molecule has 4 heteroatoms. The van der Waals surface area contributed by atoms with E-state index >= 15 is 0 Å². The molecule has 1 aromatic carbocycles. The van der Waals surface area contributed by atoms with Gasteiger partial charge in [0.05, 0.1) is 11.4 Å². The monoisotopic (exact) mass is 276 g/mol. The predicted molar refractivity (Wildman–Crippen MR) is 82.0 cm³/mol. The molecule has 2 fully saturated rings. The fourth-order valence-electron chi connectivity index (χ4n) is 2.87. The molecule has 0 aromatic heterocycles. The number of carbonyl (C=O) groups excluding carboxylic acids is 1. The average molecular weight is 276 g/mol. The van der Waals surface area contributed by atoms with Gasteiger partial charge in [-0.15, -0.1) is 0 Å². The van der Waals surface area contributed by atoms with E-state index in [0.717, 1.165) is 35.3 Å². The summed E-state index contributed by atoms with van der Waals surface area (Å²) in [4.78, 5) is 13.8. The molecular weight excluding hydrogens is 256 g/mol. The molecular formula is C15H20N2OS. The lowest BCUT2D eigenvalue weighted by atomic mass is 10.1. The van der Waals surface area contributed by atoms with Crippen LogP contribution in [0.2, 0.25) is 0 Å². The van der Waals surface area contributed by atoms with Crippen LogP contribution in [0.25, 0.3) is 0 Å². The lowest BCUT2D eigenvalue weighted by Crippen LogP contribution is -2.26. The number of carbonyl (C=O) groups is 1. The molecule has 1 amide bonds. The first-order valence-corrected chi connectivity index (χ1v) is 8.06. The number of anilines is 2. The van der Waals surface area contributed by atoms with Crippen LogP contribution < -0.4 is 10.2 Å². The van der Waals surface area contributed by atoms with Crippen molar-refractivity contribution in [1.29, 1.82) is 0 Å². The van der Waals surface area contributed by atoms with Crippen LogP contribution >= 0.6 is 11.8 Å². The van der Waals surface area contributed by atoms with Gasteiger partial charge in [-0.3, -0.25) is 4.79 Å². The molecule has 0 saturated carbocycles. The zero-order valence-corrected chi connectivity index (χ0v) is 12.1. The molecule has 1 aromatic rings. The predicted octanol–water partition coefficient (Wildman–Crippen LogP) is 3.12. The van der Waals surface area contributed by atoms with Crippen molar-refractivity contribution in [2.24, 2.45) is 0 Å². The van der Waals surface area contributed by atoms with Gasteiger partial charge in [-0.2, -0.15) is 11.8 Å². The van der Waals surface area contributed by atoms with Gasteiger partial charge in [-0.1, -0.05) is 19.1 Å². The summed E-state index contributed by atoms with van der Waals surface area (Å²) in [6, 6.07) is 8.72. The zero-order chi connectivity index (χ0) is 13.2. The van der Waals surface area contributed by atoms with Crippen molar-refractivity contribution < 1.29 is 4.79 Å². The number of rotatable bonds is 3. The van der Waals surface area contributed by atoms with E-state index in [4.69, 9.17) is 0 Å². The summed E-state index contributed by atoms with van der Waals surface area (Å²) < 4.78 is 0. The van der Waals surface area contributed by atoms with E-state index in [9.17, 15) is 4.79 Å². The standard InChI is InChI=1S/C15H20N2OS/c1-11-9-12(10-19-11)16-13-5-2-3-6-14(13)17-8-4-7-15(17)18/h2-3,5-6,11-12,16H,4,7-10H2,1H3. The van der Waals surface area contributed by atoms with E-state index in [2.05, 4.69) is 24.4 Å². The molecule has 3 nitrogen and oxygen atoms in total. The Morgan fingerprint density at radius 1 is 1.37 bits per heavy atom. The Kier molecular flexibility index (Phi) is 3.69. The summed E-state index contributed by atoms with van der Waals surface area (Å²) >= 11 is 2.02. The van der Waals surface area contributed by atoms with E-state index < -0.39 is 0 Å². The largest absolute Gasteiger partial charge is 0.380 e. The zero-order valence-electron chi connectivity index (χ0n) is 11.3. The van der Waals surface area contributed by atoms with Crippen LogP contribution in [-0.2, 0) is 4.79 Å². The van der Waals surface area contributed by atoms with E-state index in [1.165, 1.54) is 6.42 Å². The van der Waals surface area contributed by atoms with Crippen LogP contribution in [-0.4, -0.2) is 29.5 Å². The van der Waals surface area contributed by atoms with Crippen molar-refractivity contribution in [3.8, 4) is 0 Å². The number of hydrogen-bond donors (Lipinski definition) is 1. The first-order valence-electron chi connectivity index (χ1n) is 7.01. The molecule has 0 radical (unpaired) electrons. The van der Waals surface area contributed by atoms with Gasteiger partial charge in [0.15, 0.2) is 0 Å². The Morgan fingerprint density at radius 2 is 2.21 bits per heavy atom. The van der Waals surface area contributed by atoms with Crippen molar-refractivity contribution in [3.05, 3.63) is 24.3 Å². The minimum Gasteiger partial charge on any atom is -0.380 e. The van der Waals surface area contributed by atoms with Crippen molar-refractivity contribution in [3.63, 3.8) is 0 Å². The van der Waals surface area contributed by atoms with Crippen LogP contribution in [0.3, 0.4) is 0 Å². The normalized spacial score (nSPS) is 27.0. The highest BCUT2D eigenvalue weighted by molar-refractivity contribution is 8.00. The molecule has 2 atom stereocenters. The van der Waals surface area contributed by atoms with Gasteiger partial charge in [-0.05, 0) is 25.0 Å². The highest BCUT2D eigenvalue weighted by atomic mass is 32.2. The maximum atomic E-state index is 11.9. The number of thioether (sulfide) groups is 1. The highest BCUT2D eigenvalue weighted by Gasteiger charge is 2.26. The Labute approximate surface area is 118 Å². The molecule has 102 valence electrons. The van der Waals surface area contributed by atoms with Crippen LogP contribution in [0.5, 0.6) is 0 Å². The number of nitrogens with zero attached hydrogens (tertiary/aromatic N) is 1. The fraction of sp³-hybridized carbons (Fsp3) is 0.533. The number of benzene rings is 1. The Bertz CT molecular complexity index is 477. The highest BCUT2D eigenvalue weighted by Crippen LogP contribution is 2.33. The van der Waals surface area contributed by atoms with Crippen LogP contribution in [0.15, 0.2) is 24.3 Å². The molecule has 2 aliphatic heterocycles. The van der Waals surface area contributed by atoms with Crippen LogP contribution in [0.4, 0.5) is 11.4 Å².